The largest absolute Gasteiger partial charge is 0.496 e. The Morgan fingerprint density at radius 3 is 2.38 bits per heavy atom. The van der Waals surface area contributed by atoms with Crippen molar-refractivity contribution in [3.63, 3.8) is 0 Å². The second kappa shape index (κ2) is 8.75. The van der Waals surface area contributed by atoms with Crippen LogP contribution in [0.15, 0.2) is 42.5 Å². The van der Waals surface area contributed by atoms with E-state index in [1.807, 2.05) is 25.1 Å². The fourth-order valence-electron chi connectivity index (χ4n) is 3.48. The summed E-state index contributed by atoms with van der Waals surface area (Å²) in [6.45, 7) is 4.85. The minimum atomic E-state index is 0.0367. The van der Waals surface area contributed by atoms with Gasteiger partial charge in [-0.25, -0.2) is 0 Å². The van der Waals surface area contributed by atoms with Crippen molar-refractivity contribution in [3.05, 3.63) is 59.2 Å². The zero-order chi connectivity index (χ0) is 18.4. The Morgan fingerprint density at radius 1 is 1.04 bits per heavy atom. The van der Waals surface area contributed by atoms with Crippen LogP contribution in [0.2, 0.25) is 0 Å². The molecule has 0 aromatic heterocycles. The fraction of sp³-hybridized carbons (Fsp3) is 0.409. The predicted octanol–water partition coefficient (Wildman–Crippen LogP) is 3.85. The molecule has 1 aliphatic rings. The zero-order valence-corrected chi connectivity index (χ0v) is 15.8. The summed E-state index contributed by atoms with van der Waals surface area (Å²) in [5.74, 6) is 0.887. The Bertz CT molecular complexity index is 734. The number of nitrogens with one attached hydrogen (secondary N) is 1. The van der Waals surface area contributed by atoms with Gasteiger partial charge in [0.2, 0.25) is 5.91 Å². The van der Waals surface area contributed by atoms with Crippen molar-refractivity contribution in [2.24, 2.45) is 0 Å². The van der Waals surface area contributed by atoms with E-state index in [0.29, 0.717) is 13.0 Å². The first kappa shape index (κ1) is 18.3. The van der Waals surface area contributed by atoms with Crippen LogP contribution in [0.1, 0.15) is 36.0 Å². The SMILES string of the molecule is COc1ccc(CC(=O)NCc2ccc(N3CCCCC3)cc2)cc1C. The standard InChI is InChI=1S/C22H28N2O2/c1-17-14-19(8-11-21(17)26-2)15-22(25)23-16-18-6-9-20(10-7-18)24-12-4-3-5-13-24/h6-11,14H,3-5,12-13,15-16H2,1-2H3,(H,23,25). The normalized spacial score (nSPS) is 14.2. The number of hydrogen-bond donors (Lipinski definition) is 1. The second-order valence-corrected chi connectivity index (χ2v) is 6.97. The summed E-state index contributed by atoms with van der Waals surface area (Å²) in [6.07, 6.45) is 4.29. The monoisotopic (exact) mass is 352 g/mol. The van der Waals surface area contributed by atoms with Gasteiger partial charge in [-0.2, -0.15) is 0 Å². The van der Waals surface area contributed by atoms with Crippen LogP contribution in [0.4, 0.5) is 5.69 Å². The minimum absolute atomic E-state index is 0.0367. The third-order valence-electron chi connectivity index (χ3n) is 4.97. The Labute approximate surface area is 156 Å². The summed E-state index contributed by atoms with van der Waals surface area (Å²) in [6, 6.07) is 14.4. The molecule has 0 atom stereocenters. The first-order chi connectivity index (χ1) is 12.7. The van der Waals surface area contributed by atoms with E-state index in [0.717, 1.165) is 35.5 Å². The highest BCUT2D eigenvalue weighted by Crippen LogP contribution is 2.20. The quantitative estimate of drug-likeness (QED) is 0.858. The number of methoxy groups -OCH3 is 1. The van der Waals surface area contributed by atoms with Crippen LogP contribution >= 0.6 is 0 Å². The summed E-state index contributed by atoms with van der Waals surface area (Å²) in [7, 11) is 1.66. The van der Waals surface area contributed by atoms with Gasteiger partial charge >= 0.3 is 0 Å². The molecule has 1 saturated heterocycles. The maximum atomic E-state index is 12.2. The molecule has 0 radical (unpaired) electrons. The lowest BCUT2D eigenvalue weighted by molar-refractivity contribution is -0.120. The maximum absolute atomic E-state index is 12.2. The van der Waals surface area contributed by atoms with Crippen LogP contribution in [0.25, 0.3) is 0 Å². The van der Waals surface area contributed by atoms with Gasteiger partial charge < -0.3 is 15.0 Å². The Kier molecular flexibility index (Phi) is 6.16. The molecule has 26 heavy (non-hydrogen) atoms. The molecule has 0 saturated carbocycles. The lowest BCUT2D eigenvalue weighted by Crippen LogP contribution is -2.29. The highest BCUT2D eigenvalue weighted by molar-refractivity contribution is 5.78. The van der Waals surface area contributed by atoms with Gasteiger partial charge in [0.25, 0.3) is 0 Å². The third-order valence-corrected chi connectivity index (χ3v) is 4.97. The average Bonchev–Trinajstić information content (AvgIpc) is 2.68. The van der Waals surface area contributed by atoms with Crippen molar-refractivity contribution in [1.29, 1.82) is 0 Å². The van der Waals surface area contributed by atoms with Crippen LogP contribution in [0.5, 0.6) is 5.75 Å². The van der Waals surface area contributed by atoms with Gasteiger partial charge in [0.05, 0.1) is 13.5 Å². The minimum Gasteiger partial charge on any atom is -0.496 e. The number of aryl methyl sites for hydroxylation is 1. The molecular formula is C22H28N2O2. The number of benzene rings is 2. The molecule has 0 unspecified atom stereocenters. The van der Waals surface area contributed by atoms with Gasteiger partial charge in [-0.1, -0.05) is 24.3 Å². The summed E-state index contributed by atoms with van der Waals surface area (Å²) in [5.41, 5.74) is 4.46. The molecule has 1 heterocycles. The highest BCUT2D eigenvalue weighted by Gasteiger charge is 2.11. The molecule has 1 fully saturated rings. The molecular weight excluding hydrogens is 324 g/mol. The van der Waals surface area contributed by atoms with Gasteiger partial charge in [0, 0.05) is 25.3 Å². The van der Waals surface area contributed by atoms with E-state index in [4.69, 9.17) is 4.74 Å². The van der Waals surface area contributed by atoms with Crippen molar-refractivity contribution in [3.8, 4) is 5.75 Å². The predicted molar refractivity (Wildman–Crippen MR) is 106 cm³/mol. The van der Waals surface area contributed by atoms with Crippen LogP contribution in [0, 0.1) is 6.92 Å². The number of piperidine rings is 1. The maximum Gasteiger partial charge on any atom is 0.224 e. The number of ether oxygens (including phenoxy) is 1. The molecule has 0 spiro atoms. The van der Waals surface area contributed by atoms with Crippen LogP contribution < -0.4 is 15.0 Å². The topological polar surface area (TPSA) is 41.6 Å². The molecule has 0 bridgehead atoms. The van der Waals surface area contributed by atoms with E-state index in [1.165, 1.54) is 24.9 Å². The molecule has 2 aromatic rings. The Balaban J connectivity index is 1.50. The number of nitrogens with zero attached hydrogens (tertiary/aromatic N) is 1. The second-order valence-electron chi connectivity index (χ2n) is 6.97. The van der Waals surface area contributed by atoms with E-state index in [-0.39, 0.29) is 5.91 Å². The van der Waals surface area contributed by atoms with Gasteiger partial charge in [-0.3, -0.25) is 4.79 Å². The van der Waals surface area contributed by atoms with E-state index < -0.39 is 0 Å². The molecule has 1 amide bonds. The van der Waals surface area contributed by atoms with Gasteiger partial charge in [0.15, 0.2) is 0 Å². The highest BCUT2D eigenvalue weighted by atomic mass is 16.5. The average molecular weight is 352 g/mol. The number of amides is 1. The van der Waals surface area contributed by atoms with E-state index in [1.54, 1.807) is 7.11 Å². The first-order valence-electron chi connectivity index (χ1n) is 9.40. The number of carbonyl (C=O) groups is 1. The number of carbonyl (C=O) groups excluding carboxylic acids is 1. The van der Waals surface area contributed by atoms with Crippen molar-refractivity contribution in [2.75, 3.05) is 25.1 Å². The fourth-order valence-corrected chi connectivity index (χ4v) is 3.48. The molecule has 1 aliphatic heterocycles. The Morgan fingerprint density at radius 2 is 1.73 bits per heavy atom. The molecule has 3 rings (SSSR count). The molecule has 4 nitrogen and oxygen atoms in total. The van der Waals surface area contributed by atoms with Crippen LogP contribution in [-0.2, 0) is 17.8 Å². The smallest absolute Gasteiger partial charge is 0.224 e. The van der Waals surface area contributed by atoms with E-state index in [2.05, 4.69) is 34.5 Å². The van der Waals surface area contributed by atoms with Crippen molar-refractivity contribution < 1.29 is 9.53 Å². The molecule has 4 heteroatoms. The molecule has 0 aliphatic carbocycles. The van der Waals surface area contributed by atoms with Gasteiger partial charge in [-0.15, -0.1) is 0 Å². The zero-order valence-electron chi connectivity index (χ0n) is 15.8. The van der Waals surface area contributed by atoms with E-state index in [9.17, 15) is 4.79 Å². The lowest BCUT2D eigenvalue weighted by Gasteiger charge is -2.28. The number of rotatable bonds is 6. The summed E-state index contributed by atoms with van der Waals surface area (Å²) < 4.78 is 5.26. The molecule has 1 N–H and O–H groups in total. The van der Waals surface area contributed by atoms with E-state index >= 15 is 0 Å². The van der Waals surface area contributed by atoms with Crippen LogP contribution in [0.3, 0.4) is 0 Å². The molecule has 2 aromatic carbocycles. The molecule has 138 valence electrons. The number of anilines is 1. The summed E-state index contributed by atoms with van der Waals surface area (Å²) >= 11 is 0. The third kappa shape index (κ3) is 4.78. The van der Waals surface area contributed by atoms with Crippen LogP contribution in [-0.4, -0.2) is 26.1 Å². The van der Waals surface area contributed by atoms with Crippen molar-refractivity contribution >= 4 is 11.6 Å². The summed E-state index contributed by atoms with van der Waals surface area (Å²) in [5, 5.41) is 3.01. The van der Waals surface area contributed by atoms with Crippen molar-refractivity contribution in [1.82, 2.24) is 5.32 Å². The Hall–Kier alpha value is -2.49. The summed E-state index contributed by atoms with van der Waals surface area (Å²) in [4.78, 5) is 14.7. The van der Waals surface area contributed by atoms with Crippen molar-refractivity contribution in [2.45, 2.75) is 39.2 Å². The van der Waals surface area contributed by atoms with Gasteiger partial charge in [-0.05, 0) is 61.1 Å². The number of hydrogen-bond acceptors (Lipinski definition) is 3. The lowest BCUT2D eigenvalue weighted by atomic mass is 10.1. The van der Waals surface area contributed by atoms with Gasteiger partial charge in [0.1, 0.15) is 5.75 Å². The first-order valence-corrected chi connectivity index (χ1v) is 9.40.